The van der Waals surface area contributed by atoms with Crippen LogP contribution in [0.1, 0.15) is 27.4 Å². The van der Waals surface area contributed by atoms with Gasteiger partial charge in [0, 0.05) is 16.2 Å². The third-order valence-electron chi connectivity index (χ3n) is 5.28. The van der Waals surface area contributed by atoms with Crippen molar-refractivity contribution in [2.45, 2.75) is 5.92 Å². The molecule has 4 rings (SSSR count). The first kappa shape index (κ1) is 22.4. The molecule has 0 saturated carbocycles. The van der Waals surface area contributed by atoms with Crippen molar-refractivity contribution in [3.63, 3.8) is 0 Å². The molecule has 1 unspecified atom stereocenters. The molecule has 7 heteroatoms. The fourth-order valence-electron chi connectivity index (χ4n) is 3.58. The summed E-state index contributed by atoms with van der Waals surface area (Å²) in [4.78, 5) is 26.7. The zero-order chi connectivity index (χ0) is 23.4. The number of methoxy groups -OCH3 is 2. The number of ketones is 1. The Morgan fingerprint density at radius 3 is 2.30 bits per heavy atom. The van der Waals surface area contributed by atoms with E-state index in [0.717, 1.165) is 0 Å². The molecule has 168 valence electrons. The van der Waals surface area contributed by atoms with E-state index in [4.69, 9.17) is 30.5 Å². The molecule has 0 bridgehead atoms. The summed E-state index contributed by atoms with van der Waals surface area (Å²) in [6, 6.07) is 18.8. The number of rotatable bonds is 7. The van der Waals surface area contributed by atoms with E-state index in [0.29, 0.717) is 39.0 Å². The molecule has 0 fully saturated rings. The molecule has 1 aliphatic rings. The summed E-state index contributed by atoms with van der Waals surface area (Å²) >= 11 is 6.02. The van der Waals surface area contributed by atoms with Crippen LogP contribution in [0, 0.1) is 0 Å². The maximum absolute atomic E-state index is 13.7. The number of halogens is 1. The Hall–Kier alpha value is -3.77. The van der Waals surface area contributed by atoms with Crippen LogP contribution < -0.4 is 14.2 Å². The summed E-state index contributed by atoms with van der Waals surface area (Å²) in [5.41, 5.74) is 1.91. The number of hydrogen-bond acceptors (Lipinski definition) is 6. The van der Waals surface area contributed by atoms with Gasteiger partial charge in [0.1, 0.15) is 11.7 Å². The van der Waals surface area contributed by atoms with Gasteiger partial charge in [-0.1, -0.05) is 29.8 Å². The van der Waals surface area contributed by atoms with Gasteiger partial charge in [0.25, 0.3) is 0 Å². The number of Topliss-reactive ketones (excluding diaryl/α,β-unsaturated/α-hetero) is 1. The molecular formula is C26H21ClO6. The van der Waals surface area contributed by atoms with E-state index < -0.39 is 11.9 Å². The Labute approximate surface area is 196 Å². The number of ether oxygens (including phenoxy) is 4. The van der Waals surface area contributed by atoms with Gasteiger partial charge in [-0.05, 0) is 65.7 Å². The fourth-order valence-corrected chi connectivity index (χ4v) is 3.71. The average molecular weight is 465 g/mol. The van der Waals surface area contributed by atoms with E-state index in [1.54, 1.807) is 79.9 Å². The molecule has 0 aliphatic carbocycles. The highest BCUT2D eigenvalue weighted by molar-refractivity contribution is 6.30. The van der Waals surface area contributed by atoms with Crippen molar-refractivity contribution < 1.29 is 28.5 Å². The smallest absolute Gasteiger partial charge is 0.317 e. The molecule has 0 radical (unpaired) electrons. The van der Waals surface area contributed by atoms with E-state index in [-0.39, 0.29) is 18.1 Å². The van der Waals surface area contributed by atoms with Gasteiger partial charge in [-0.15, -0.1) is 0 Å². The standard InChI is InChI=1S/C26H21ClO6/c1-30-20-10-5-17(6-11-20)25(28)21(13-16-3-8-19(27)9-4-16)24(26(29)31-2)18-7-12-22-23(14-18)33-15-32-22/h3-14,24H,15H2,1-2H3/b21-13+. The molecule has 33 heavy (non-hydrogen) atoms. The van der Waals surface area contributed by atoms with Gasteiger partial charge in [0.2, 0.25) is 6.79 Å². The second-order valence-electron chi connectivity index (χ2n) is 7.28. The van der Waals surface area contributed by atoms with Gasteiger partial charge < -0.3 is 18.9 Å². The van der Waals surface area contributed by atoms with Crippen LogP contribution in [0.4, 0.5) is 0 Å². The Kier molecular flexibility index (Phi) is 6.66. The Morgan fingerprint density at radius 2 is 1.64 bits per heavy atom. The maximum Gasteiger partial charge on any atom is 0.317 e. The van der Waals surface area contributed by atoms with Crippen LogP contribution in [-0.2, 0) is 9.53 Å². The van der Waals surface area contributed by atoms with Crippen LogP contribution in [0.2, 0.25) is 5.02 Å². The lowest BCUT2D eigenvalue weighted by Gasteiger charge is -2.19. The van der Waals surface area contributed by atoms with E-state index in [1.165, 1.54) is 7.11 Å². The van der Waals surface area contributed by atoms with Crippen LogP contribution in [-0.4, -0.2) is 32.8 Å². The first-order chi connectivity index (χ1) is 16.0. The van der Waals surface area contributed by atoms with Crippen molar-refractivity contribution in [1.29, 1.82) is 0 Å². The van der Waals surface area contributed by atoms with Gasteiger partial charge in [-0.25, -0.2) is 0 Å². The summed E-state index contributed by atoms with van der Waals surface area (Å²) in [6.07, 6.45) is 1.68. The Balaban J connectivity index is 1.85. The van der Waals surface area contributed by atoms with Crippen molar-refractivity contribution in [3.05, 3.63) is 94.0 Å². The molecule has 1 aliphatic heterocycles. The monoisotopic (exact) mass is 464 g/mol. The summed E-state index contributed by atoms with van der Waals surface area (Å²) in [5, 5.41) is 0.565. The minimum absolute atomic E-state index is 0.0972. The molecular weight excluding hydrogens is 444 g/mol. The second-order valence-corrected chi connectivity index (χ2v) is 7.71. The predicted molar refractivity (Wildman–Crippen MR) is 124 cm³/mol. The van der Waals surface area contributed by atoms with Gasteiger partial charge >= 0.3 is 5.97 Å². The summed E-state index contributed by atoms with van der Waals surface area (Å²) in [6.45, 7) is 0.0972. The molecule has 3 aromatic rings. The molecule has 0 amide bonds. The van der Waals surface area contributed by atoms with Gasteiger partial charge in [-0.2, -0.15) is 0 Å². The van der Waals surface area contributed by atoms with Crippen molar-refractivity contribution in [1.82, 2.24) is 0 Å². The Bertz CT molecular complexity index is 1200. The molecule has 1 atom stereocenters. The summed E-state index contributed by atoms with van der Waals surface area (Å²) in [5.74, 6) is -0.183. The van der Waals surface area contributed by atoms with Crippen molar-refractivity contribution >= 4 is 29.4 Å². The normalized spacial score (nSPS) is 13.4. The van der Waals surface area contributed by atoms with Crippen LogP contribution in [0.15, 0.2) is 72.3 Å². The van der Waals surface area contributed by atoms with Gasteiger partial charge in [0.15, 0.2) is 17.3 Å². The van der Waals surface area contributed by atoms with Crippen LogP contribution in [0.5, 0.6) is 17.2 Å². The third kappa shape index (κ3) is 4.86. The largest absolute Gasteiger partial charge is 0.497 e. The van der Waals surface area contributed by atoms with Crippen LogP contribution >= 0.6 is 11.6 Å². The number of benzene rings is 3. The SMILES string of the molecule is COC(=O)C(/C(=C\c1ccc(Cl)cc1)C(=O)c1ccc(OC)cc1)c1ccc2c(c1)OCO2. The minimum atomic E-state index is -0.991. The molecule has 1 heterocycles. The minimum Gasteiger partial charge on any atom is -0.497 e. The Morgan fingerprint density at radius 1 is 0.939 bits per heavy atom. The topological polar surface area (TPSA) is 71.1 Å². The molecule has 0 spiro atoms. The lowest BCUT2D eigenvalue weighted by molar-refractivity contribution is -0.141. The third-order valence-corrected chi connectivity index (χ3v) is 5.54. The predicted octanol–water partition coefficient (Wildman–Crippen LogP) is 5.30. The first-order valence-corrected chi connectivity index (χ1v) is 10.5. The molecule has 0 N–H and O–H groups in total. The number of carbonyl (C=O) groups excluding carboxylic acids is 2. The van der Waals surface area contributed by atoms with Crippen molar-refractivity contribution in [2.24, 2.45) is 0 Å². The molecule has 3 aromatic carbocycles. The van der Waals surface area contributed by atoms with Crippen molar-refractivity contribution in [3.8, 4) is 17.2 Å². The highest BCUT2D eigenvalue weighted by Gasteiger charge is 2.32. The number of esters is 1. The van der Waals surface area contributed by atoms with Gasteiger partial charge in [-0.3, -0.25) is 9.59 Å². The second kappa shape index (κ2) is 9.79. The summed E-state index contributed by atoms with van der Waals surface area (Å²) < 4.78 is 21.2. The highest BCUT2D eigenvalue weighted by atomic mass is 35.5. The van der Waals surface area contributed by atoms with E-state index >= 15 is 0 Å². The maximum atomic E-state index is 13.7. The number of carbonyl (C=O) groups is 2. The van der Waals surface area contributed by atoms with E-state index in [9.17, 15) is 9.59 Å². The lowest BCUT2D eigenvalue weighted by atomic mass is 9.85. The quantitative estimate of drug-likeness (QED) is 0.268. The average Bonchev–Trinajstić information content (AvgIpc) is 3.32. The van der Waals surface area contributed by atoms with Gasteiger partial charge in [0.05, 0.1) is 14.2 Å². The van der Waals surface area contributed by atoms with E-state index in [2.05, 4.69) is 0 Å². The number of hydrogen-bond donors (Lipinski definition) is 0. The molecule has 0 aromatic heterocycles. The zero-order valence-electron chi connectivity index (χ0n) is 18.0. The zero-order valence-corrected chi connectivity index (χ0v) is 18.8. The summed E-state index contributed by atoms with van der Waals surface area (Å²) in [7, 11) is 2.84. The van der Waals surface area contributed by atoms with Crippen LogP contribution in [0.25, 0.3) is 6.08 Å². The van der Waals surface area contributed by atoms with Crippen LogP contribution in [0.3, 0.4) is 0 Å². The van der Waals surface area contributed by atoms with Crippen molar-refractivity contribution in [2.75, 3.05) is 21.0 Å². The van der Waals surface area contributed by atoms with E-state index in [1.807, 2.05) is 0 Å². The lowest BCUT2D eigenvalue weighted by Crippen LogP contribution is -2.21. The number of fused-ring (bicyclic) bond motifs is 1. The fraction of sp³-hybridized carbons (Fsp3) is 0.154. The molecule has 6 nitrogen and oxygen atoms in total. The molecule has 0 saturated heterocycles. The first-order valence-electron chi connectivity index (χ1n) is 10.1. The highest BCUT2D eigenvalue weighted by Crippen LogP contribution is 2.38.